The molecule has 1 heterocycles. The molecule has 1 aromatic heterocycles. The van der Waals surface area contributed by atoms with Crippen molar-refractivity contribution in [3.05, 3.63) is 70.8 Å². The van der Waals surface area contributed by atoms with Crippen LogP contribution >= 0.6 is 0 Å². The molecule has 0 atom stereocenters. The van der Waals surface area contributed by atoms with E-state index >= 15 is 0 Å². The lowest BCUT2D eigenvalue weighted by Gasteiger charge is -2.03. The van der Waals surface area contributed by atoms with Gasteiger partial charge in [-0.05, 0) is 83.8 Å². The SMILES string of the molecule is COC(=O)C(C)=CCCC(C)=CCCC(C)=CCCC(=CCCc1ccoc1)C(=O)O. The molecule has 0 saturated heterocycles. The molecule has 0 bridgehead atoms. The Balaban J connectivity index is 2.36. The molecule has 5 nitrogen and oxygen atoms in total. The maximum absolute atomic E-state index is 11.5. The smallest absolute Gasteiger partial charge is 0.333 e. The molecule has 0 aromatic carbocycles. The summed E-state index contributed by atoms with van der Waals surface area (Å²) in [4.78, 5) is 22.8. The van der Waals surface area contributed by atoms with Crippen LogP contribution in [0, 0.1) is 0 Å². The summed E-state index contributed by atoms with van der Waals surface area (Å²) in [6, 6.07) is 1.90. The third-order valence-corrected chi connectivity index (χ3v) is 5.11. The zero-order valence-corrected chi connectivity index (χ0v) is 19.3. The van der Waals surface area contributed by atoms with Crippen LogP contribution in [0.2, 0.25) is 0 Å². The molecule has 5 heteroatoms. The average molecular weight is 429 g/mol. The Kier molecular flexibility index (Phi) is 12.7. The number of carbonyl (C=O) groups excluding carboxylic acids is 1. The minimum atomic E-state index is -0.840. The van der Waals surface area contributed by atoms with Crippen LogP contribution in [0.15, 0.2) is 69.6 Å². The number of furan rings is 1. The summed E-state index contributed by atoms with van der Waals surface area (Å²) >= 11 is 0. The number of carbonyl (C=O) groups is 2. The predicted molar refractivity (Wildman–Crippen MR) is 124 cm³/mol. The van der Waals surface area contributed by atoms with Gasteiger partial charge in [0.15, 0.2) is 0 Å². The number of aryl methyl sites for hydroxylation is 1. The van der Waals surface area contributed by atoms with Crippen molar-refractivity contribution in [2.75, 3.05) is 7.11 Å². The van der Waals surface area contributed by atoms with Crippen LogP contribution in [0.4, 0.5) is 0 Å². The first-order chi connectivity index (χ1) is 14.8. The fraction of sp³-hybridized carbons (Fsp3) is 0.462. The second-order valence-corrected chi connectivity index (χ2v) is 7.80. The monoisotopic (exact) mass is 428 g/mol. The number of ether oxygens (including phenoxy) is 1. The molecule has 0 unspecified atom stereocenters. The van der Waals surface area contributed by atoms with Crippen LogP contribution in [0.3, 0.4) is 0 Å². The molecule has 1 N–H and O–H groups in total. The second kappa shape index (κ2) is 15.1. The molecule has 0 aliphatic heterocycles. The summed E-state index contributed by atoms with van der Waals surface area (Å²) in [5.41, 5.74) is 4.77. The van der Waals surface area contributed by atoms with Gasteiger partial charge in [-0.25, -0.2) is 9.59 Å². The lowest BCUT2D eigenvalue weighted by atomic mass is 10.0. The van der Waals surface area contributed by atoms with E-state index in [2.05, 4.69) is 30.7 Å². The van der Waals surface area contributed by atoms with Crippen LogP contribution in [-0.2, 0) is 20.7 Å². The highest BCUT2D eigenvalue weighted by Gasteiger charge is 2.06. The van der Waals surface area contributed by atoms with Gasteiger partial charge >= 0.3 is 11.9 Å². The molecule has 1 rings (SSSR count). The van der Waals surface area contributed by atoms with E-state index in [1.165, 1.54) is 18.3 Å². The van der Waals surface area contributed by atoms with E-state index in [0.717, 1.165) is 44.1 Å². The number of hydrogen-bond acceptors (Lipinski definition) is 4. The zero-order chi connectivity index (χ0) is 23.1. The average Bonchev–Trinajstić information content (AvgIpc) is 3.25. The Hall–Kier alpha value is -2.82. The van der Waals surface area contributed by atoms with Crippen LogP contribution in [0.25, 0.3) is 0 Å². The molecule has 0 saturated carbocycles. The van der Waals surface area contributed by atoms with Crippen molar-refractivity contribution in [1.82, 2.24) is 0 Å². The topological polar surface area (TPSA) is 76.7 Å². The van der Waals surface area contributed by atoms with E-state index in [0.29, 0.717) is 24.0 Å². The van der Waals surface area contributed by atoms with Crippen molar-refractivity contribution in [2.45, 2.75) is 72.1 Å². The maximum atomic E-state index is 11.5. The number of methoxy groups -OCH3 is 1. The highest BCUT2D eigenvalue weighted by Crippen LogP contribution is 2.15. The Morgan fingerprint density at radius 2 is 1.55 bits per heavy atom. The second-order valence-electron chi connectivity index (χ2n) is 7.80. The molecule has 0 spiro atoms. The van der Waals surface area contributed by atoms with E-state index < -0.39 is 5.97 Å². The summed E-state index contributed by atoms with van der Waals surface area (Å²) in [6.07, 6.45) is 17.8. The van der Waals surface area contributed by atoms with Gasteiger partial charge in [0.05, 0.1) is 19.6 Å². The van der Waals surface area contributed by atoms with Gasteiger partial charge < -0.3 is 14.3 Å². The van der Waals surface area contributed by atoms with E-state index in [-0.39, 0.29) is 5.97 Å². The van der Waals surface area contributed by atoms with Gasteiger partial charge in [-0.15, -0.1) is 0 Å². The van der Waals surface area contributed by atoms with Gasteiger partial charge in [-0.1, -0.05) is 35.5 Å². The maximum Gasteiger partial charge on any atom is 0.333 e. The van der Waals surface area contributed by atoms with Crippen LogP contribution in [0.5, 0.6) is 0 Å². The third kappa shape index (κ3) is 11.8. The summed E-state index contributed by atoms with van der Waals surface area (Å²) in [5.74, 6) is -1.12. The number of hydrogen-bond donors (Lipinski definition) is 1. The number of rotatable bonds is 14. The summed E-state index contributed by atoms with van der Waals surface area (Å²) in [5, 5.41) is 9.40. The zero-order valence-electron chi connectivity index (χ0n) is 19.3. The largest absolute Gasteiger partial charge is 0.478 e. The molecule has 0 amide bonds. The quantitative estimate of drug-likeness (QED) is 0.206. The molecule has 1 aromatic rings. The van der Waals surface area contributed by atoms with Crippen molar-refractivity contribution in [1.29, 1.82) is 0 Å². The molecule has 0 radical (unpaired) electrons. The molecule has 0 fully saturated rings. The first kappa shape index (κ1) is 26.2. The molecule has 31 heavy (non-hydrogen) atoms. The number of allylic oxidation sites excluding steroid dienone is 6. The normalized spacial score (nSPS) is 13.4. The van der Waals surface area contributed by atoms with Crippen LogP contribution in [0.1, 0.15) is 71.3 Å². The molecular formula is C26H36O5. The first-order valence-corrected chi connectivity index (χ1v) is 10.8. The minimum Gasteiger partial charge on any atom is -0.478 e. The van der Waals surface area contributed by atoms with Crippen LogP contribution < -0.4 is 0 Å². The van der Waals surface area contributed by atoms with Gasteiger partial charge in [0.25, 0.3) is 0 Å². The fourth-order valence-electron chi connectivity index (χ4n) is 3.13. The van der Waals surface area contributed by atoms with Gasteiger partial charge in [0.1, 0.15) is 0 Å². The molecule has 0 aliphatic rings. The Labute approximate surface area is 186 Å². The lowest BCUT2D eigenvalue weighted by molar-refractivity contribution is -0.136. The number of aliphatic carboxylic acids is 1. The fourth-order valence-corrected chi connectivity index (χ4v) is 3.13. The number of carboxylic acid groups (broad SMARTS) is 1. The van der Waals surface area contributed by atoms with Gasteiger partial charge in [0, 0.05) is 11.1 Å². The highest BCUT2D eigenvalue weighted by atomic mass is 16.5. The Morgan fingerprint density at radius 3 is 2.10 bits per heavy atom. The Morgan fingerprint density at radius 1 is 0.935 bits per heavy atom. The summed E-state index contributed by atoms with van der Waals surface area (Å²) < 4.78 is 9.72. The molecular weight excluding hydrogens is 392 g/mol. The van der Waals surface area contributed by atoms with E-state index in [9.17, 15) is 14.7 Å². The third-order valence-electron chi connectivity index (χ3n) is 5.11. The first-order valence-electron chi connectivity index (χ1n) is 10.8. The molecule has 170 valence electrons. The molecule has 0 aliphatic carbocycles. The summed E-state index contributed by atoms with van der Waals surface area (Å²) in [6.45, 7) is 5.96. The number of carboxylic acids is 1. The standard InChI is InChI=1S/C26H36O5/c1-20(11-6-13-22(3)26(29)30-4)9-5-10-21(2)12-7-15-24(25(27)28)16-8-14-23-17-18-31-19-23/h9,12-13,16-19H,5-8,10-11,14-15H2,1-4H3,(H,27,28). The highest BCUT2D eigenvalue weighted by molar-refractivity contribution is 5.87. The lowest BCUT2D eigenvalue weighted by Crippen LogP contribution is -2.01. The van der Waals surface area contributed by atoms with E-state index in [1.54, 1.807) is 19.5 Å². The van der Waals surface area contributed by atoms with Gasteiger partial charge in [0.2, 0.25) is 0 Å². The van der Waals surface area contributed by atoms with Crippen molar-refractivity contribution < 1.29 is 23.8 Å². The van der Waals surface area contributed by atoms with Crippen molar-refractivity contribution in [2.24, 2.45) is 0 Å². The van der Waals surface area contributed by atoms with Gasteiger partial charge in [-0.3, -0.25) is 0 Å². The van der Waals surface area contributed by atoms with Crippen LogP contribution in [-0.4, -0.2) is 24.2 Å². The summed E-state index contributed by atoms with van der Waals surface area (Å²) in [7, 11) is 1.39. The van der Waals surface area contributed by atoms with Crippen molar-refractivity contribution >= 4 is 11.9 Å². The Bertz CT molecular complexity index is 807. The van der Waals surface area contributed by atoms with Gasteiger partial charge in [-0.2, -0.15) is 0 Å². The van der Waals surface area contributed by atoms with Crippen molar-refractivity contribution in [3.63, 3.8) is 0 Å². The predicted octanol–water partition coefficient (Wildman–Crippen LogP) is 6.58. The number of esters is 1. The van der Waals surface area contributed by atoms with E-state index in [1.807, 2.05) is 18.2 Å². The van der Waals surface area contributed by atoms with E-state index in [4.69, 9.17) is 4.42 Å². The minimum absolute atomic E-state index is 0.277. The van der Waals surface area contributed by atoms with Crippen molar-refractivity contribution in [3.8, 4) is 0 Å².